The van der Waals surface area contributed by atoms with Gasteiger partial charge in [-0.15, -0.1) is 0 Å². The summed E-state index contributed by atoms with van der Waals surface area (Å²) in [6.45, 7) is 5.90. The van der Waals surface area contributed by atoms with Gasteiger partial charge in [-0.3, -0.25) is 9.69 Å². The second-order valence-corrected chi connectivity index (χ2v) is 7.08. The summed E-state index contributed by atoms with van der Waals surface area (Å²) >= 11 is 0. The maximum absolute atomic E-state index is 14.0. The molecule has 0 radical (unpaired) electrons. The molecule has 1 aromatic heterocycles. The molecule has 0 spiro atoms. The minimum Gasteiger partial charge on any atom is -0.349 e. The molecule has 0 aliphatic carbocycles. The van der Waals surface area contributed by atoms with Crippen LogP contribution >= 0.6 is 0 Å². The lowest BCUT2D eigenvalue weighted by Crippen LogP contribution is -2.47. The van der Waals surface area contributed by atoms with E-state index in [1.807, 2.05) is 36.8 Å². The van der Waals surface area contributed by atoms with Crippen LogP contribution < -0.4 is 4.90 Å². The van der Waals surface area contributed by atoms with E-state index in [0.29, 0.717) is 19.5 Å². The molecule has 3 atom stereocenters. The Hall–Kier alpha value is -1.76. The lowest BCUT2D eigenvalue weighted by molar-refractivity contribution is -0.133. The molecular weight excluding hydrogens is 309 g/mol. The van der Waals surface area contributed by atoms with Crippen molar-refractivity contribution in [1.29, 1.82) is 0 Å². The van der Waals surface area contributed by atoms with Crippen molar-refractivity contribution in [3.63, 3.8) is 0 Å². The summed E-state index contributed by atoms with van der Waals surface area (Å²) < 4.78 is 14.0. The summed E-state index contributed by atoms with van der Waals surface area (Å²) in [4.78, 5) is 26.8. The average Bonchev–Trinajstić information content (AvgIpc) is 3.11. The van der Waals surface area contributed by atoms with Crippen LogP contribution in [0.25, 0.3) is 0 Å². The Balaban J connectivity index is 1.67. The molecule has 2 fully saturated rings. The molecule has 1 amide bonds. The normalized spacial score (nSPS) is 27.8. The van der Waals surface area contributed by atoms with Gasteiger partial charge in [0.15, 0.2) is 0 Å². The van der Waals surface area contributed by atoms with Crippen LogP contribution in [-0.2, 0) is 4.79 Å². The van der Waals surface area contributed by atoms with Crippen LogP contribution in [0.2, 0.25) is 0 Å². The van der Waals surface area contributed by atoms with E-state index in [0.717, 1.165) is 18.8 Å². The zero-order chi connectivity index (χ0) is 17.3. The Labute approximate surface area is 142 Å². The molecule has 3 heterocycles. The molecule has 2 aliphatic heterocycles. The molecule has 2 aliphatic rings. The molecule has 0 aromatic carbocycles. The molecule has 1 unspecified atom stereocenters. The number of halogens is 1. The number of carbonyl (C=O) groups excluding carboxylic acids is 1. The maximum Gasteiger partial charge on any atom is 0.240 e. The second-order valence-electron chi connectivity index (χ2n) is 7.08. The number of alkyl halides is 1. The first-order valence-corrected chi connectivity index (χ1v) is 8.64. The highest BCUT2D eigenvalue weighted by Gasteiger charge is 2.39. The summed E-state index contributed by atoms with van der Waals surface area (Å²) in [5.41, 5.74) is 0. The number of likely N-dealkylation sites (tertiary alicyclic amines) is 1. The standard InChI is InChI=1S/C17H26FN5O/c1-12(2)22-7-5-15(17(22)24)21(3)10-14-8-13(18)9-23(14)16-4-6-19-11-20-16/h4,6,11-15H,5,7-10H2,1-3H3/t13-,14-,15?/m0/s1. The van der Waals surface area contributed by atoms with Crippen molar-refractivity contribution in [2.24, 2.45) is 0 Å². The molecule has 1 aromatic rings. The quantitative estimate of drug-likeness (QED) is 0.813. The summed E-state index contributed by atoms with van der Waals surface area (Å²) in [7, 11) is 1.97. The van der Waals surface area contributed by atoms with Crippen LogP contribution in [0.1, 0.15) is 26.7 Å². The van der Waals surface area contributed by atoms with Gasteiger partial charge in [-0.1, -0.05) is 0 Å². The topological polar surface area (TPSA) is 52.6 Å². The van der Waals surface area contributed by atoms with Gasteiger partial charge in [0.05, 0.1) is 12.6 Å². The number of rotatable bonds is 5. The van der Waals surface area contributed by atoms with Crippen LogP contribution in [0.5, 0.6) is 0 Å². The van der Waals surface area contributed by atoms with Crippen LogP contribution in [0.3, 0.4) is 0 Å². The third-order valence-electron chi connectivity index (χ3n) is 5.09. The highest BCUT2D eigenvalue weighted by atomic mass is 19.1. The third-order valence-corrected chi connectivity index (χ3v) is 5.09. The third kappa shape index (κ3) is 3.36. The number of amides is 1. The number of hydrogen-bond donors (Lipinski definition) is 0. The largest absolute Gasteiger partial charge is 0.349 e. The molecule has 0 N–H and O–H groups in total. The molecule has 7 heteroatoms. The van der Waals surface area contributed by atoms with Gasteiger partial charge in [-0.25, -0.2) is 14.4 Å². The average molecular weight is 335 g/mol. The lowest BCUT2D eigenvalue weighted by Gasteiger charge is -2.31. The highest BCUT2D eigenvalue weighted by Crippen LogP contribution is 2.27. The first kappa shape index (κ1) is 17.1. The van der Waals surface area contributed by atoms with Gasteiger partial charge in [0.1, 0.15) is 18.3 Å². The number of aromatic nitrogens is 2. The van der Waals surface area contributed by atoms with Crippen LogP contribution in [0.4, 0.5) is 10.2 Å². The number of nitrogens with zero attached hydrogens (tertiary/aromatic N) is 5. The highest BCUT2D eigenvalue weighted by molar-refractivity contribution is 5.84. The molecule has 24 heavy (non-hydrogen) atoms. The Morgan fingerprint density at radius 2 is 2.25 bits per heavy atom. The van der Waals surface area contributed by atoms with Crippen LogP contribution in [0, 0.1) is 0 Å². The monoisotopic (exact) mass is 335 g/mol. The van der Waals surface area contributed by atoms with Crippen LogP contribution in [0.15, 0.2) is 18.6 Å². The Kier molecular flexibility index (Phi) is 4.99. The zero-order valence-electron chi connectivity index (χ0n) is 14.6. The van der Waals surface area contributed by atoms with Crippen molar-refractivity contribution < 1.29 is 9.18 Å². The number of likely N-dealkylation sites (N-methyl/N-ethyl adjacent to an activating group) is 1. The minimum atomic E-state index is -0.857. The first-order chi connectivity index (χ1) is 11.5. The van der Waals surface area contributed by atoms with E-state index in [1.165, 1.54) is 6.33 Å². The van der Waals surface area contributed by atoms with Crippen molar-refractivity contribution in [2.45, 2.75) is 51.0 Å². The number of anilines is 1. The van der Waals surface area contributed by atoms with E-state index >= 15 is 0 Å². The van der Waals surface area contributed by atoms with Gasteiger partial charge in [0.2, 0.25) is 5.91 Å². The van der Waals surface area contributed by atoms with Gasteiger partial charge in [0.25, 0.3) is 0 Å². The van der Waals surface area contributed by atoms with E-state index in [-0.39, 0.29) is 24.0 Å². The maximum atomic E-state index is 14.0. The lowest BCUT2D eigenvalue weighted by atomic mass is 10.1. The molecule has 132 valence electrons. The number of carbonyl (C=O) groups is 1. The number of hydrogen-bond acceptors (Lipinski definition) is 5. The summed E-state index contributed by atoms with van der Waals surface area (Å²) in [6.07, 6.45) is 3.62. The Bertz CT molecular complexity index is 569. The predicted octanol–water partition coefficient (Wildman–Crippen LogP) is 1.33. The fraction of sp³-hybridized carbons (Fsp3) is 0.706. The summed E-state index contributed by atoms with van der Waals surface area (Å²) in [5.74, 6) is 0.945. The minimum absolute atomic E-state index is 0.0285. The van der Waals surface area contributed by atoms with Crippen molar-refractivity contribution in [3.05, 3.63) is 18.6 Å². The molecule has 2 saturated heterocycles. The van der Waals surface area contributed by atoms with Crippen LogP contribution in [-0.4, -0.2) is 76.7 Å². The Morgan fingerprint density at radius 1 is 1.46 bits per heavy atom. The van der Waals surface area contributed by atoms with Crippen molar-refractivity contribution in [2.75, 3.05) is 31.6 Å². The fourth-order valence-corrected chi connectivity index (χ4v) is 3.83. The van der Waals surface area contributed by atoms with Crippen molar-refractivity contribution >= 4 is 11.7 Å². The Morgan fingerprint density at radius 3 is 2.88 bits per heavy atom. The van der Waals surface area contributed by atoms with E-state index < -0.39 is 6.17 Å². The van der Waals surface area contributed by atoms with Gasteiger partial charge in [0, 0.05) is 37.8 Å². The fourth-order valence-electron chi connectivity index (χ4n) is 3.83. The molecule has 3 rings (SSSR count). The predicted molar refractivity (Wildman–Crippen MR) is 90.6 cm³/mol. The van der Waals surface area contributed by atoms with Gasteiger partial charge < -0.3 is 9.80 Å². The van der Waals surface area contributed by atoms with Gasteiger partial charge in [-0.05, 0) is 33.4 Å². The van der Waals surface area contributed by atoms with Crippen molar-refractivity contribution in [3.8, 4) is 0 Å². The molecule has 6 nitrogen and oxygen atoms in total. The molecule has 0 saturated carbocycles. The van der Waals surface area contributed by atoms with Gasteiger partial charge in [-0.2, -0.15) is 0 Å². The van der Waals surface area contributed by atoms with E-state index in [9.17, 15) is 9.18 Å². The second kappa shape index (κ2) is 7.01. The SMILES string of the molecule is CC(C)N1CCC(N(C)C[C@@H]2C[C@H](F)CN2c2ccncn2)C1=O. The summed E-state index contributed by atoms with van der Waals surface area (Å²) in [5, 5.41) is 0. The molecule has 0 bridgehead atoms. The van der Waals surface area contributed by atoms with E-state index in [1.54, 1.807) is 6.20 Å². The van der Waals surface area contributed by atoms with E-state index in [4.69, 9.17) is 0 Å². The first-order valence-electron chi connectivity index (χ1n) is 8.64. The zero-order valence-corrected chi connectivity index (χ0v) is 14.6. The van der Waals surface area contributed by atoms with Crippen molar-refractivity contribution in [1.82, 2.24) is 19.8 Å². The van der Waals surface area contributed by atoms with Gasteiger partial charge >= 0.3 is 0 Å². The summed E-state index contributed by atoms with van der Waals surface area (Å²) in [6, 6.07) is 1.97. The van der Waals surface area contributed by atoms with E-state index in [2.05, 4.69) is 14.9 Å². The smallest absolute Gasteiger partial charge is 0.240 e. The molecular formula is C17H26FN5O.